The highest BCUT2D eigenvalue weighted by molar-refractivity contribution is 6.39. The van der Waals surface area contributed by atoms with Gasteiger partial charge >= 0.3 is 11.8 Å². The Morgan fingerprint density at radius 1 is 0.977 bits per heavy atom. The van der Waals surface area contributed by atoms with Crippen molar-refractivity contribution in [1.82, 2.24) is 15.6 Å². The summed E-state index contributed by atoms with van der Waals surface area (Å²) in [6.07, 6.45) is 4.64. The Morgan fingerprint density at radius 3 is 2.51 bits per heavy atom. The minimum absolute atomic E-state index is 0.0500. The number of piperidine rings is 1. The van der Waals surface area contributed by atoms with E-state index in [9.17, 15) is 14.0 Å². The molecule has 4 aromatic rings. The van der Waals surface area contributed by atoms with Gasteiger partial charge in [-0.15, -0.1) is 0 Å². The van der Waals surface area contributed by atoms with Crippen molar-refractivity contribution in [3.8, 4) is 17.2 Å². The molecular weight excluding hydrogens is 554 g/mol. The van der Waals surface area contributed by atoms with E-state index in [-0.39, 0.29) is 23.5 Å². The molecule has 2 amide bonds. The van der Waals surface area contributed by atoms with Crippen LogP contribution in [0, 0.1) is 17.6 Å². The van der Waals surface area contributed by atoms with Crippen molar-refractivity contribution >= 4 is 34.0 Å². The first kappa shape index (κ1) is 29.7. The average Bonchev–Trinajstić information content (AvgIpc) is 3.01. The Hall–Kier alpha value is -4.83. The molecule has 1 saturated heterocycles. The topological polar surface area (TPSA) is 102 Å². The average molecular weight is 587 g/mol. The molecule has 10 heteroatoms. The maximum atomic E-state index is 15.1. The third-order valence-electron chi connectivity index (χ3n) is 7.41. The van der Waals surface area contributed by atoms with Crippen LogP contribution in [0.15, 0.2) is 73.4 Å². The maximum absolute atomic E-state index is 15.1. The van der Waals surface area contributed by atoms with Crippen molar-refractivity contribution in [2.75, 3.05) is 25.5 Å². The van der Waals surface area contributed by atoms with Crippen LogP contribution >= 0.6 is 0 Å². The molecule has 0 atom stereocenters. The highest BCUT2D eigenvalue weighted by Crippen LogP contribution is 2.38. The number of allylic oxidation sites excluding steroid dienone is 1. The van der Waals surface area contributed by atoms with Crippen LogP contribution in [0.3, 0.4) is 0 Å². The zero-order valence-corrected chi connectivity index (χ0v) is 23.7. The Labute approximate surface area is 248 Å². The molecule has 0 saturated carbocycles. The second-order valence-electron chi connectivity index (χ2n) is 10.4. The highest BCUT2D eigenvalue weighted by atomic mass is 19.1. The molecule has 2 heterocycles. The molecule has 0 unspecified atom stereocenters. The third-order valence-corrected chi connectivity index (χ3v) is 7.41. The number of benzene rings is 3. The normalized spacial score (nSPS) is 13.4. The van der Waals surface area contributed by atoms with Crippen molar-refractivity contribution < 1.29 is 27.8 Å². The molecule has 0 bridgehead atoms. The van der Waals surface area contributed by atoms with Gasteiger partial charge in [-0.2, -0.15) is 0 Å². The minimum atomic E-state index is -1.02. The summed E-state index contributed by atoms with van der Waals surface area (Å²) in [7, 11) is 1.59. The number of amides is 2. The first-order chi connectivity index (χ1) is 20.8. The van der Waals surface area contributed by atoms with Crippen LogP contribution in [0.5, 0.6) is 17.2 Å². The lowest BCUT2D eigenvalue weighted by Crippen LogP contribution is -2.35. The molecule has 43 heavy (non-hydrogen) atoms. The lowest BCUT2D eigenvalue weighted by Gasteiger charge is -2.24. The number of carbonyl (C=O) groups is 2. The number of nitrogens with zero attached hydrogens (tertiary/aromatic N) is 1. The largest absolute Gasteiger partial charge is 0.496 e. The Balaban J connectivity index is 1.27. The predicted octanol–water partition coefficient (Wildman–Crippen LogP) is 5.97. The number of hydrogen-bond acceptors (Lipinski definition) is 6. The number of aromatic nitrogens is 1. The molecular formula is C33H32F2N4O4. The quantitative estimate of drug-likeness (QED) is 0.209. The van der Waals surface area contributed by atoms with Crippen LogP contribution in [0.25, 0.3) is 16.5 Å². The first-order valence-electron chi connectivity index (χ1n) is 14.0. The fraction of sp³-hybridized carbons (Fsp3) is 0.242. The number of rotatable bonds is 9. The summed E-state index contributed by atoms with van der Waals surface area (Å²) in [6, 6.07) is 15.0. The number of anilines is 1. The van der Waals surface area contributed by atoms with Gasteiger partial charge in [-0.25, -0.2) is 8.78 Å². The van der Waals surface area contributed by atoms with Gasteiger partial charge in [0, 0.05) is 41.0 Å². The van der Waals surface area contributed by atoms with Gasteiger partial charge in [-0.05, 0) is 80.2 Å². The van der Waals surface area contributed by atoms with Crippen molar-refractivity contribution in [3.63, 3.8) is 0 Å². The van der Waals surface area contributed by atoms with Crippen LogP contribution in [0.1, 0.15) is 30.4 Å². The third kappa shape index (κ3) is 7.15. The van der Waals surface area contributed by atoms with Crippen molar-refractivity contribution in [3.05, 3.63) is 96.2 Å². The van der Waals surface area contributed by atoms with E-state index in [2.05, 4.69) is 27.5 Å². The van der Waals surface area contributed by atoms with E-state index in [1.807, 2.05) is 12.1 Å². The van der Waals surface area contributed by atoms with Gasteiger partial charge in [0.05, 0.1) is 12.6 Å². The predicted molar refractivity (Wildman–Crippen MR) is 161 cm³/mol. The molecule has 0 spiro atoms. The smallest absolute Gasteiger partial charge is 0.313 e. The van der Waals surface area contributed by atoms with Crippen LogP contribution in [0.4, 0.5) is 14.5 Å². The molecule has 1 aliphatic heterocycles. The van der Waals surface area contributed by atoms with E-state index in [0.29, 0.717) is 28.3 Å². The summed E-state index contributed by atoms with van der Waals surface area (Å²) in [6.45, 7) is 6.17. The first-order valence-corrected chi connectivity index (χ1v) is 14.0. The number of methoxy groups -OCH3 is 1. The van der Waals surface area contributed by atoms with E-state index in [0.717, 1.165) is 49.6 Å². The number of fused-ring (bicyclic) bond motifs is 1. The summed E-state index contributed by atoms with van der Waals surface area (Å²) in [5, 5.41) is 8.69. The molecule has 5 rings (SSSR count). The van der Waals surface area contributed by atoms with Crippen LogP contribution < -0.4 is 25.4 Å². The fourth-order valence-corrected chi connectivity index (χ4v) is 5.09. The summed E-state index contributed by atoms with van der Waals surface area (Å²) in [5.74, 6) is -1.81. The molecule has 1 fully saturated rings. The minimum Gasteiger partial charge on any atom is -0.496 e. The lowest BCUT2D eigenvalue weighted by atomic mass is 9.88. The van der Waals surface area contributed by atoms with Gasteiger partial charge in [0.1, 0.15) is 17.3 Å². The molecule has 1 aliphatic rings. The summed E-state index contributed by atoms with van der Waals surface area (Å²) in [4.78, 5) is 29.0. The number of pyridine rings is 1. The summed E-state index contributed by atoms with van der Waals surface area (Å²) < 4.78 is 40.4. The maximum Gasteiger partial charge on any atom is 0.313 e. The van der Waals surface area contributed by atoms with Crippen LogP contribution in [-0.2, 0) is 16.1 Å². The van der Waals surface area contributed by atoms with E-state index in [1.54, 1.807) is 25.4 Å². The second kappa shape index (κ2) is 13.4. The van der Waals surface area contributed by atoms with Crippen LogP contribution in [-0.4, -0.2) is 37.0 Å². The van der Waals surface area contributed by atoms with E-state index >= 15 is 4.39 Å². The zero-order valence-electron chi connectivity index (χ0n) is 23.7. The molecule has 0 radical (unpaired) electrons. The Morgan fingerprint density at radius 2 is 1.77 bits per heavy atom. The number of hydrogen-bond donors (Lipinski definition) is 3. The van der Waals surface area contributed by atoms with Gasteiger partial charge in [0.25, 0.3) is 0 Å². The summed E-state index contributed by atoms with van der Waals surface area (Å²) >= 11 is 0. The molecule has 222 valence electrons. The fourth-order valence-electron chi connectivity index (χ4n) is 5.09. The monoisotopic (exact) mass is 586 g/mol. The molecule has 8 nitrogen and oxygen atoms in total. The lowest BCUT2D eigenvalue weighted by molar-refractivity contribution is -0.136. The van der Waals surface area contributed by atoms with Crippen molar-refractivity contribution in [2.45, 2.75) is 25.8 Å². The Kier molecular flexibility index (Phi) is 9.26. The van der Waals surface area contributed by atoms with Gasteiger partial charge in [-0.1, -0.05) is 24.8 Å². The number of ether oxygens (including phenoxy) is 2. The SMILES string of the molecule is C=C(CC1CCNCC1)c1cc2nccc(Oc3ccc(NC(=O)C(=O)NCc4ccccc4F)cc3F)c2cc1OC. The number of carbonyl (C=O) groups excluding carboxylic acids is 2. The highest BCUT2D eigenvalue weighted by Gasteiger charge is 2.19. The molecule has 3 aromatic carbocycles. The molecule has 0 aliphatic carbocycles. The zero-order chi connectivity index (χ0) is 30.3. The van der Waals surface area contributed by atoms with Gasteiger partial charge < -0.3 is 25.4 Å². The van der Waals surface area contributed by atoms with Gasteiger partial charge in [0.15, 0.2) is 11.6 Å². The standard InChI is InChI=1S/C33H32F2N4O4/c1-20(15-21-9-12-36-13-10-21)24-17-28-25(18-31(24)42-2)29(11-14-37-28)43-30-8-7-23(16-27(30)35)39-33(41)32(40)38-19-22-5-3-4-6-26(22)34/h3-8,11,14,16-18,21,36H,1,9-10,12-13,15,19H2,2H3,(H,38,40)(H,39,41). The Bertz CT molecular complexity index is 1670. The van der Waals surface area contributed by atoms with Gasteiger partial charge in [-0.3, -0.25) is 14.6 Å². The second-order valence-corrected chi connectivity index (χ2v) is 10.4. The van der Waals surface area contributed by atoms with E-state index in [4.69, 9.17) is 9.47 Å². The van der Waals surface area contributed by atoms with Gasteiger partial charge in [0.2, 0.25) is 0 Å². The van der Waals surface area contributed by atoms with Crippen molar-refractivity contribution in [2.24, 2.45) is 5.92 Å². The van der Waals surface area contributed by atoms with E-state index < -0.39 is 23.4 Å². The molecule has 1 aromatic heterocycles. The molecule has 3 N–H and O–H groups in total. The van der Waals surface area contributed by atoms with E-state index in [1.165, 1.54) is 30.3 Å². The number of halogens is 2. The van der Waals surface area contributed by atoms with Crippen molar-refractivity contribution in [1.29, 1.82) is 0 Å². The summed E-state index contributed by atoms with van der Waals surface area (Å²) in [5.41, 5.74) is 2.78. The van der Waals surface area contributed by atoms with Crippen LogP contribution in [0.2, 0.25) is 0 Å². The number of nitrogens with one attached hydrogen (secondary N) is 3.